The summed E-state index contributed by atoms with van der Waals surface area (Å²) in [6, 6.07) is 6.41. The summed E-state index contributed by atoms with van der Waals surface area (Å²) in [7, 11) is 1.90. The van der Waals surface area contributed by atoms with Crippen molar-refractivity contribution in [3.05, 3.63) is 46.5 Å². The van der Waals surface area contributed by atoms with Crippen LogP contribution in [0.15, 0.2) is 29.8 Å². The molecular weight excluding hydrogens is 332 g/mol. The van der Waals surface area contributed by atoms with Gasteiger partial charge in [0.1, 0.15) is 0 Å². The number of aryl methyl sites for hydroxylation is 2. The summed E-state index contributed by atoms with van der Waals surface area (Å²) >= 11 is 1.67. The third-order valence-corrected chi connectivity index (χ3v) is 5.58. The summed E-state index contributed by atoms with van der Waals surface area (Å²) in [5.41, 5.74) is 3.72. The van der Waals surface area contributed by atoms with Crippen molar-refractivity contribution >= 4 is 22.4 Å². The van der Waals surface area contributed by atoms with Crippen LogP contribution in [-0.4, -0.2) is 60.5 Å². The Balaban J connectivity index is 1.49. The molecule has 6 heteroatoms. The second kappa shape index (κ2) is 7.97. The van der Waals surface area contributed by atoms with Crippen LogP contribution in [0.4, 0.5) is 5.13 Å². The summed E-state index contributed by atoms with van der Waals surface area (Å²) in [6.07, 6.45) is 1.85. The van der Waals surface area contributed by atoms with Crippen LogP contribution < -0.4 is 4.90 Å². The number of hydrogen-bond donors (Lipinski definition) is 0. The Labute approximate surface area is 153 Å². The number of thiazole rings is 1. The fourth-order valence-corrected chi connectivity index (χ4v) is 3.85. The SMILES string of the molecule is Cc1ccc(CN(C)C(=O)CN2CCN(c3nccs3)CC2)c(C)c1. The Morgan fingerprint density at radius 2 is 2.00 bits per heavy atom. The molecule has 2 aromatic rings. The summed E-state index contributed by atoms with van der Waals surface area (Å²) < 4.78 is 0. The van der Waals surface area contributed by atoms with Crippen LogP contribution >= 0.6 is 11.3 Å². The first-order valence-electron chi connectivity index (χ1n) is 8.70. The molecule has 2 heterocycles. The molecule has 0 radical (unpaired) electrons. The number of aromatic nitrogens is 1. The van der Waals surface area contributed by atoms with E-state index >= 15 is 0 Å². The second-order valence-electron chi connectivity index (χ2n) is 6.76. The van der Waals surface area contributed by atoms with E-state index < -0.39 is 0 Å². The molecule has 1 aliphatic heterocycles. The van der Waals surface area contributed by atoms with Gasteiger partial charge in [0.15, 0.2) is 5.13 Å². The molecule has 0 aliphatic carbocycles. The van der Waals surface area contributed by atoms with E-state index in [1.54, 1.807) is 11.3 Å². The molecule has 1 aliphatic rings. The Bertz CT molecular complexity index is 708. The highest BCUT2D eigenvalue weighted by atomic mass is 32.1. The third kappa shape index (κ3) is 4.58. The Kier molecular flexibility index (Phi) is 5.71. The largest absolute Gasteiger partial charge is 0.346 e. The Morgan fingerprint density at radius 1 is 1.24 bits per heavy atom. The third-order valence-electron chi connectivity index (χ3n) is 4.75. The van der Waals surface area contributed by atoms with Gasteiger partial charge < -0.3 is 9.80 Å². The molecule has 1 aromatic heterocycles. The zero-order chi connectivity index (χ0) is 17.8. The number of rotatable bonds is 5. The number of nitrogens with zero attached hydrogens (tertiary/aromatic N) is 4. The van der Waals surface area contributed by atoms with Crippen LogP contribution in [0.1, 0.15) is 16.7 Å². The van der Waals surface area contributed by atoms with Gasteiger partial charge in [-0.05, 0) is 25.0 Å². The van der Waals surface area contributed by atoms with Crippen molar-refractivity contribution in [1.82, 2.24) is 14.8 Å². The van der Waals surface area contributed by atoms with Crippen LogP contribution in [0.5, 0.6) is 0 Å². The molecule has 1 saturated heterocycles. The molecule has 0 unspecified atom stereocenters. The predicted octanol–water partition coefficient (Wildman–Crippen LogP) is 2.54. The Morgan fingerprint density at radius 3 is 2.64 bits per heavy atom. The van der Waals surface area contributed by atoms with Gasteiger partial charge in [-0.15, -0.1) is 11.3 Å². The van der Waals surface area contributed by atoms with Crippen molar-refractivity contribution in [2.45, 2.75) is 20.4 Å². The van der Waals surface area contributed by atoms with Gasteiger partial charge in [0.05, 0.1) is 6.54 Å². The lowest BCUT2D eigenvalue weighted by molar-refractivity contribution is -0.131. The van der Waals surface area contributed by atoms with E-state index in [4.69, 9.17) is 0 Å². The normalized spacial score (nSPS) is 15.4. The number of piperazine rings is 1. The summed E-state index contributed by atoms with van der Waals surface area (Å²) in [5.74, 6) is 0.183. The van der Waals surface area contributed by atoms with Crippen LogP contribution in [0, 0.1) is 13.8 Å². The van der Waals surface area contributed by atoms with E-state index in [0.717, 1.165) is 31.3 Å². The van der Waals surface area contributed by atoms with Gasteiger partial charge in [-0.2, -0.15) is 0 Å². The lowest BCUT2D eigenvalue weighted by Crippen LogP contribution is -2.49. The highest BCUT2D eigenvalue weighted by molar-refractivity contribution is 7.13. The van der Waals surface area contributed by atoms with Crippen LogP contribution in [0.2, 0.25) is 0 Å². The quantitative estimate of drug-likeness (QED) is 0.823. The minimum absolute atomic E-state index is 0.183. The average molecular weight is 359 g/mol. The molecule has 1 fully saturated rings. The molecule has 0 spiro atoms. The van der Waals surface area contributed by atoms with Crippen molar-refractivity contribution in [3.8, 4) is 0 Å². The molecule has 0 N–H and O–H groups in total. The lowest BCUT2D eigenvalue weighted by atomic mass is 10.1. The first-order chi connectivity index (χ1) is 12.0. The predicted molar refractivity (Wildman–Crippen MR) is 103 cm³/mol. The van der Waals surface area contributed by atoms with E-state index in [2.05, 4.69) is 46.8 Å². The molecule has 1 aromatic carbocycles. The van der Waals surface area contributed by atoms with Gasteiger partial charge in [0.2, 0.25) is 5.91 Å². The van der Waals surface area contributed by atoms with Gasteiger partial charge in [-0.3, -0.25) is 9.69 Å². The molecule has 0 bridgehead atoms. The lowest BCUT2D eigenvalue weighted by Gasteiger charge is -2.34. The maximum atomic E-state index is 12.6. The topological polar surface area (TPSA) is 39.7 Å². The van der Waals surface area contributed by atoms with Crippen LogP contribution in [0.25, 0.3) is 0 Å². The molecule has 1 amide bonds. The van der Waals surface area contributed by atoms with Gasteiger partial charge in [0.25, 0.3) is 0 Å². The number of likely N-dealkylation sites (N-methyl/N-ethyl adjacent to an activating group) is 1. The number of carbonyl (C=O) groups excluding carboxylic acids is 1. The van der Waals surface area contributed by atoms with E-state index in [1.165, 1.54) is 16.7 Å². The van der Waals surface area contributed by atoms with E-state index in [1.807, 2.05) is 23.5 Å². The first kappa shape index (κ1) is 17.9. The van der Waals surface area contributed by atoms with Crippen LogP contribution in [-0.2, 0) is 11.3 Å². The van der Waals surface area contributed by atoms with E-state index in [-0.39, 0.29) is 5.91 Å². The van der Waals surface area contributed by atoms with Crippen molar-refractivity contribution in [2.24, 2.45) is 0 Å². The number of benzene rings is 1. The van der Waals surface area contributed by atoms with Crippen LogP contribution in [0.3, 0.4) is 0 Å². The van der Waals surface area contributed by atoms with Crippen molar-refractivity contribution in [1.29, 1.82) is 0 Å². The molecule has 5 nitrogen and oxygen atoms in total. The van der Waals surface area contributed by atoms with Gasteiger partial charge in [-0.1, -0.05) is 23.8 Å². The van der Waals surface area contributed by atoms with Gasteiger partial charge in [-0.25, -0.2) is 4.98 Å². The molecule has 0 saturated carbocycles. The second-order valence-corrected chi connectivity index (χ2v) is 7.63. The fourth-order valence-electron chi connectivity index (χ4n) is 3.15. The van der Waals surface area contributed by atoms with E-state index in [0.29, 0.717) is 13.1 Å². The minimum atomic E-state index is 0.183. The number of carbonyl (C=O) groups is 1. The maximum absolute atomic E-state index is 12.6. The van der Waals surface area contributed by atoms with Crippen molar-refractivity contribution in [2.75, 3.05) is 44.7 Å². The van der Waals surface area contributed by atoms with Gasteiger partial charge >= 0.3 is 0 Å². The summed E-state index contributed by atoms with van der Waals surface area (Å²) in [6.45, 7) is 9.04. The zero-order valence-corrected chi connectivity index (χ0v) is 16.1. The summed E-state index contributed by atoms with van der Waals surface area (Å²) in [5, 5.41) is 3.09. The van der Waals surface area contributed by atoms with Crippen molar-refractivity contribution < 1.29 is 4.79 Å². The van der Waals surface area contributed by atoms with Gasteiger partial charge in [0, 0.05) is 51.3 Å². The highest BCUT2D eigenvalue weighted by Crippen LogP contribution is 2.19. The molecule has 0 atom stereocenters. The average Bonchev–Trinajstić information content (AvgIpc) is 3.12. The standard InChI is InChI=1S/C19H26N4OS/c1-15-4-5-17(16(2)12-15)13-21(3)18(24)14-22-7-9-23(10-8-22)19-20-6-11-25-19/h4-6,11-12H,7-10,13-14H2,1-3H3. The minimum Gasteiger partial charge on any atom is -0.346 e. The fraction of sp³-hybridized carbons (Fsp3) is 0.474. The highest BCUT2D eigenvalue weighted by Gasteiger charge is 2.21. The monoisotopic (exact) mass is 358 g/mol. The number of amides is 1. The zero-order valence-electron chi connectivity index (χ0n) is 15.2. The maximum Gasteiger partial charge on any atom is 0.236 e. The van der Waals surface area contributed by atoms with E-state index in [9.17, 15) is 4.79 Å². The molecule has 25 heavy (non-hydrogen) atoms. The Hall–Kier alpha value is -1.92. The smallest absolute Gasteiger partial charge is 0.236 e. The van der Waals surface area contributed by atoms with Crippen molar-refractivity contribution in [3.63, 3.8) is 0 Å². The molecular formula is C19H26N4OS. The summed E-state index contributed by atoms with van der Waals surface area (Å²) in [4.78, 5) is 23.3. The number of anilines is 1. The number of hydrogen-bond acceptors (Lipinski definition) is 5. The molecule has 3 rings (SSSR count). The first-order valence-corrected chi connectivity index (χ1v) is 9.58. The molecule has 134 valence electrons.